The van der Waals surface area contributed by atoms with Crippen LogP contribution in [0.4, 0.5) is 5.69 Å². The first-order valence-corrected chi connectivity index (χ1v) is 9.92. The minimum absolute atomic E-state index is 0.0780. The third-order valence-electron chi connectivity index (χ3n) is 4.33. The minimum Gasteiger partial charge on any atom is -0.480 e. The summed E-state index contributed by atoms with van der Waals surface area (Å²) in [5.74, 6) is -1.86. The molecule has 0 bridgehead atoms. The van der Waals surface area contributed by atoms with E-state index >= 15 is 0 Å². The van der Waals surface area contributed by atoms with Crippen molar-refractivity contribution in [3.63, 3.8) is 0 Å². The molecule has 1 aromatic carbocycles. The average molecular weight is 399 g/mol. The van der Waals surface area contributed by atoms with Gasteiger partial charge in [-0.1, -0.05) is 19.4 Å². The fourth-order valence-electron chi connectivity index (χ4n) is 3.00. The van der Waals surface area contributed by atoms with E-state index in [1.165, 1.54) is 18.2 Å². The maximum Gasteiger partial charge on any atom is 0.326 e. The number of carboxylic acids is 1. The van der Waals surface area contributed by atoms with Crippen LogP contribution in [0, 0.1) is 10.1 Å². The minimum atomic E-state index is -4.14. The summed E-state index contributed by atoms with van der Waals surface area (Å²) in [5, 5.41) is 22.5. The second-order valence-corrected chi connectivity index (χ2v) is 8.11. The third kappa shape index (κ3) is 4.61. The highest BCUT2D eigenvalue weighted by atomic mass is 32.2. The summed E-state index contributed by atoms with van der Waals surface area (Å²) in [6, 6.07) is 2.47. The lowest BCUT2D eigenvalue weighted by Gasteiger charge is -2.24. The van der Waals surface area contributed by atoms with E-state index in [-0.39, 0.29) is 30.0 Å². The van der Waals surface area contributed by atoms with E-state index in [9.17, 15) is 33.2 Å². The van der Waals surface area contributed by atoms with Gasteiger partial charge in [-0.2, -0.15) is 4.31 Å². The van der Waals surface area contributed by atoms with Crippen LogP contribution >= 0.6 is 0 Å². The van der Waals surface area contributed by atoms with Crippen molar-refractivity contribution in [2.75, 3.05) is 6.54 Å². The SMILES string of the molecule is CCCC(NC(=O)C1CCCN1S(=O)(=O)c1cccc([N+](=O)[O-])c1)C(=O)O. The van der Waals surface area contributed by atoms with Crippen LogP contribution in [0.5, 0.6) is 0 Å². The number of nitrogens with one attached hydrogen (secondary N) is 1. The van der Waals surface area contributed by atoms with Crippen LogP contribution in [0.2, 0.25) is 0 Å². The number of sulfonamides is 1. The Morgan fingerprint density at radius 1 is 1.44 bits per heavy atom. The third-order valence-corrected chi connectivity index (χ3v) is 6.24. The molecule has 0 aliphatic carbocycles. The highest BCUT2D eigenvalue weighted by Crippen LogP contribution is 2.28. The number of non-ortho nitro benzene ring substituents is 1. The van der Waals surface area contributed by atoms with Crippen LogP contribution in [0.15, 0.2) is 29.2 Å². The quantitative estimate of drug-likeness (QED) is 0.492. The normalized spacial score (nSPS) is 18.8. The number of carbonyl (C=O) groups excluding carboxylic acids is 1. The average Bonchev–Trinajstić information content (AvgIpc) is 3.12. The Labute approximate surface area is 156 Å². The van der Waals surface area contributed by atoms with E-state index in [1.807, 2.05) is 0 Å². The van der Waals surface area contributed by atoms with E-state index in [2.05, 4.69) is 5.32 Å². The van der Waals surface area contributed by atoms with Gasteiger partial charge in [-0.25, -0.2) is 13.2 Å². The largest absolute Gasteiger partial charge is 0.480 e. The summed E-state index contributed by atoms with van der Waals surface area (Å²) in [6.45, 7) is 1.85. The van der Waals surface area contributed by atoms with Crippen LogP contribution in [-0.2, 0) is 19.6 Å². The number of nitro groups is 1. The molecule has 1 fully saturated rings. The molecule has 1 amide bonds. The maximum absolute atomic E-state index is 12.9. The summed E-state index contributed by atoms with van der Waals surface area (Å²) in [7, 11) is -4.14. The Hall–Kier alpha value is -2.53. The van der Waals surface area contributed by atoms with Crippen LogP contribution in [-0.4, -0.2) is 53.3 Å². The molecule has 11 heteroatoms. The van der Waals surface area contributed by atoms with Gasteiger partial charge >= 0.3 is 5.97 Å². The first-order chi connectivity index (χ1) is 12.7. The van der Waals surface area contributed by atoms with E-state index < -0.39 is 38.9 Å². The number of benzene rings is 1. The Kier molecular flexibility index (Phi) is 6.50. The van der Waals surface area contributed by atoms with Gasteiger partial charge in [0.2, 0.25) is 15.9 Å². The standard InChI is InChI=1S/C16H21N3O7S/c1-2-5-13(16(21)22)17-15(20)14-8-4-9-18(14)27(25,26)12-7-3-6-11(10-12)19(23)24/h3,6-7,10,13-14H,2,4-5,8-9H2,1H3,(H,17,20)(H,21,22). The molecule has 2 rings (SSSR count). The second-order valence-electron chi connectivity index (χ2n) is 6.22. The van der Waals surface area contributed by atoms with Crippen molar-refractivity contribution in [2.24, 2.45) is 0 Å². The van der Waals surface area contributed by atoms with E-state index in [0.717, 1.165) is 10.4 Å². The van der Waals surface area contributed by atoms with E-state index in [1.54, 1.807) is 6.92 Å². The molecule has 148 valence electrons. The molecule has 1 aliphatic heterocycles. The summed E-state index contributed by atoms with van der Waals surface area (Å²) in [5.41, 5.74) is -0.370. The molecule has 1 aromatic rings. The van der Waals surface area contributed by atoms with Gasteiger partial charge in [0.05, 0.1) is 9.82 Å². The van der Waals surface area contributed by atoms with Crippen LogP contribution in [0.25, 0.3) is 0 Å². The van der Waals surface area contributed by atoms with Crippen molar-refractivity contribution in [3.05, 3.63) is 34.4 Å². The van der Waals surface area contributed by atoms with Crippen LogP contribution < -0.4 is 5.32 Å². The zero-order valence-electron chi connectivity index (χ0n) is 14.7. The number of carbonyl (C=O) groups is 2. The summed E-state index contributed by atoms with van der Waals surface area (Å²) in [6.07, 6.45) is 1.44. The van der Waals surface area contributed by atoms with Crippen molar-refractivity contribution in [1.82, 2.24) is 9.62 Å². The Morgan fingerprint density at radius 2 is 2.15 bits per heavy atom. The molecule has 1 heterocycles. The smallest absolute Gasteiger partial charge is 0.326 e. The molecule has 0 aromatic heterocycles. The predicted octanol–water partition coefficient (Wildman–Crippen LogP) is 1.12. The van der Waals surface area contributed by atoms with Crippen LogP contribution in [0.1, 0.15) is 32.6 Å². The van der Waals surface area contributed by atoms with E-state index in [4.69, 9.17) is 0 Å². The highest BCUT2D eigenvalue weighted by Gasteiger charge is 2.40. The zero-order valence-corrected chi connectivity index (χ0v) is 15.5. The number of carboxylic acid groups (broad SMARTS) is 1. The first kappa shape index (κ1) is 20.8. The maximum atomic E-state index is 12.9. The Morgan fingerprint density at radius 3 is 2.74 bits per heavy atom. The molecule has 10 nitrogen and oxygen atoms in total. The second kappa shape index (κ2) is 8.44. The predicted molar refractivity (Wildman–Crippen MR) is 94.5 cm³/mol. The molecule has 2 unspecified atom stereocenters. The number of amides is 1. The molecule has 2 atom stereocenters. The van der Waals surface area contributed by atoms with Crippen molar-refractivity contribution in [2.45, 2.75) is 49.6 Å². The van der Waals surface area contributed by atoms with Gasteiger partial charge in [-0.05, 0) is 25.3 Å². The molecular weight excluding hydrogens is 378 g/mol. The topological polar surface area (TPSA) is 147 Å². The van der Waals surface area contributed by atoms with Gasteiger partial charge in [0.15, 0.2) is 0 Å². The highest BCUT2D eigenvalue weighted by molar-refractivity contribution is 7.89. The molecule has 1 saturated heterocycles. The fourth-order valence-corrected chi connectivity index (χ4v) is 4.69. The zero-order chi connectivity index (χ0) is 20.2. The molecule has 0 saturated carbocycles. The molecule has 0 radical (unpaired) electrons. The number of hydrogen-bond donors (Lipinski definition) is 2. The number of nitrogens with zero attached hydrogens (tertiary/aromatic N) is 2. The summed E-state index contributed by atoms with van der Waals surface area (Å²) >= 11 is 0. The number of hydrogen-bond acceptors (Lipinski definition) is 6. The first-order valence-electron chi connectivity index (χ1n) is 8.48. The molecule has 27 heavy (non-hydrogen) atoms. The van der Waals surface area contributed by atoms with Gasteiger partial charge in [-0.15, -0.1) is 0 Å². The summed E-state index contributed by atoms with van der Waals surface area (Å²) < 4.78 is 26.7. The lowest BCUT2D eigenvalue weighted by molar-refractivity contribution is -0.385. The number of nitro benzene ring substituents is 1. The Balaban J connectivity index is 2.26. The van der Waals surface area contributed by atoms with Crippen LogP contribution in [0.3, 0.4) is 0 Å². The molecule has 0 spiro atoms. The van der Waals surface area contributed by atoms with Crippen molar-refractivity contribution >= 4 is 27.6 Å². The molecular formula is C16H21N3O7S. The Bertz CT molecular complexity index is 840. The van der Waals surface area contributed by atoms with Gasteiger partial charge in [-0.3, -0.25) is 14.9 Å². The molecule has 2 N–H and O–H groups in total. The van der Waals surface area contributed by atoms with Gasteiger partial charge in [0.1, 0.15) is 12.1 Å². The van der Waals surface area contributed by atoms with Gasteiger partial charge < -0.3 is 10.4 Å². The lowest BCUT2D eigenvalue weighted by Crippen LogP contribution is -2.50. The lowest BCUT2D eigenvalue weighted by atomic mass is 10.1. The van der Waals surface area contributed by atoms with Gasteiger partial charge in [0.25, 0.3) is 5.69 Å². The molecule has 1 aliphatic rings. The number of rotatable bonds is 8. The van der Waals surface area contributed by atoms with E-state index in [0.29, 0.717) is 12.8 Å². The number of aliphatic carboxylic acids is 1. The van der Waals surface area contributed by atoms with Crippen molar-refractivity contribution in [3.8, 4) is 0 Å². The fraction of sp³-hybridized carbons (Fsp3) is 0.500. The monoisotopic (exact) mass is 399 g/mol. The van der Waals surface area contributed by atoms with Crippen molar-refractivity contribution < 1.29 is 28.0 Å². The van der Waals surface area contributed by atoms with Crippen molar-refractivity contribution in [1.29, 1.82) is 0 Å². The summed E-state index contributed by atoms with van der Waals surface area (Å²) in [4.78, 5) is 33.7. The van der Waals surface area contributed by atoms with Gasteiger partial charge in [0, 0.05) is 18.7 Å².